The molecule has 1 aliphatic rings. The number of fused-ring (bicyclic) bond motifs is 1. The fraction of sp³-hybridized carbons (Fsp3) is 0.263. The molecule has 0 aliphatic carbocycles. The van der Waals surface area contributed by atoms with Crippen molar-refractivity contribution in [2.45, 2.75) is 23.5 Å². The first-order chi connectivity index (χ1) is 14.0. The van der Waals surface area contributed by atoms with Gasteiger partial charge in [-0.15, -0.1) is 6.58 Å². The third kappa shape index (κ3) is 3.56. The van der Waals surface area contributed by atoms with Gasteiger partial charge in [-0.2, -0.15) is 9.98 Å². The van der Waals surface area contributed by atoms with Crippen LogP contribution in [0.1, 0.15) is 23.0 Å². The molecule has 2 atom stereocenters. The zero-order chi connectivity index (χ0) is 22.3. The fourth-order valence-electron chi connectivity index (χ4n) is 3.05. The maximum Gasteiger partial charge on any atom is 0.276 e. The van der Waals surface area contributed by atoms with Crippen LogP contribution >= 0.6 is 0 Å². The summed E-state index contributed by atoms with van der Waals surface area (Å²) < 4.78 is 48.6. The van der Waals surface area contributed by atoms with Crippen LogP contribution in [-0.4, -0.2) is 42.2 Å². The van der Waals surface area contributed by atoms with Gasteiger partial charge in [-0.1, -0.05) is 6.08 Å². The van der Waals surface area contributed by atoms with E-state index in [1.54, 1.807) is 6.07 Å². The molecule has 0 unspecified atom stereocenters. The van der Waals surface area contributed by atoms with E-state index in [9.17, 15) is 22.7 Å². The van der Waals surface area contributed by atoms with Gasteiger partial charge in [0.15, 0.2) is 11.4 Å². The van der Waals surface area contributed by atoms with E-state index in [2.05, 4.69) is 16.6 Å². The zero-order valence-electron chi connectivity index (χ0n) is 16.1. The van der Waals surface area contributed by atoms with Crippen molar-refractivity contribution < 1.29 is 27.4 Å². The van der Waals surface area contributed by atoms with Crippen LogP contribution in [0.5, 0.6) is 5.75 Å². The van der Waals surface area contributed by atoms with Crippen molar-refractivity contribution in [3.63, 3.8) is 0 Å². The molecule has 0 saturated carbocycles. The molecule has 30 heavy (non-hydrogen) atoms. The highest BCUT2D eigenvalue weighted by Gasteiger charge is 2.44. The number of nitriles is 1. The highest BCUT2D eigenvalue weighted by molar-refractivity contribution is 7.89. The number of carbonyl (C=O) groups excluding carboxylic acids is 1. The molecule has 158 valence electrons. The normalized spacial score (nSPS) is 20.8. The van der Waals surface area contributed by atoms with Crippen LogP contribution in [0.2, 0.25) is 0 Å². The molecule has 11 heteroatoms. The maximum atomic E-state index is 13.5. The van der Waals surface area contributed by atoms with Gasteiger partial charge in [0, 0.05) is 18.9 Å². The van der Waals surface area contributed by atoms with E-state index < -0.39 is 33.4 Å². The Morgan fingerprint density at radius 3 is 2.87 bits per heavy atom. The number of aryl methyl sites for hydroxylation is 1. The number of anilines is 1. The fourth-order valence-corrected chi connectivity index (χ4v) is 4.67. The van der Waals surface area contributed by atoms with Crippen LogP contribution in [0.25, 0.3) is 0 Å². The summed E-state index contributed by atoms with van der Waals surface area (Å²) in [5, 5.41) is 21.5. The van der Waals surface area contributed by atoms with Gasteiger partial charge in [0.1, 0.15) is 28.9 Å². The molecule has 2 aromatic rings. The van der Waals surface area contributed by atoms with E-state index in [1.165, 1.54) is 36.9 Å². The standard InChI is InChI=1S/C19H19FN4O5S/c1-4-19(11(2)25)10-29-17-15(30(27,28)23-19)9-24(3)16(17)18(26)22-13-5-6-14(20)12(7-13)8-21/h4-7,9,11,23,25H,1,10H2,2-3H3,(H,22,26)/t11-,19+/m1/s1. The summed E-state index contributed by atoms with van der Waals surface area (Å²) in [5.41, 5.74) is -1.71. The topological polar surface area (TPSA) is 133 Å². The molecule has 0 spiro atoms. The second kappa shape index (κ2) is 7.56. The number of halogens is 1. The Bertz CT molecular complexity index is 1180. The minimum atomic E-state index is -4.17. The number of ether oxygens (including phenoxy) is 1. The Morgan fingerprint density at radius 1 is 1.57 bits per heavy atom. The maximum absolute atomic E-state index is 13.5. The van der Waals surface area contributed by atoms with E-state index in [-0.39, 0.29) is 34.2 Å². The van der Waals surface area contributed by atoms with Gasteiger partial charge in [-0.3, -0.25) is 4.79 Å². The molecule has 3 N–H and O–H groups in total. The lowest BCUT2D eigenvalue weighted by atomic mass is 9.96. The number of benzene rings is 1. The van der Waals surface area contributed by atoms with Crippen molar-refractivity contribution in [3.05, 3.63) is 54.1 Å². The summed E-state index contributed by atoms with van der Waals surface area (Å²) in [7, 11) is -2.71. The van der Waals surface area contributed by atoms with Crippen molar-refractivity contribution in [3.8, 4) is 11.8 Å². The summed E-state index contributed by atoms with van der Waals surface area (Å²) >= 11 is 0. The van der Waals surface area contributed by atoms with E-state index in [0.29, 0.717) is 0 Å². The number of aliphatic hydroxyl groups is 1. The Hall–Kier alpha value is -3.20. The third-order valence-electron chi connectivity index (χ3n) is 4.84. The molecule has 1 aliphatic heterocycles. The molecular formula is C19H19FN4O5S. The predicted octanol–water partition coefficient (Wildman–Crippen LogP) is 1.26. The van der Waals surface area contributed by atoms with E-state index in [1.807, 2.05) is 0 Å². The van der Waals surface area contributed by atoms with Crippen molar-refractivity contribution in [1.29, 1.82) is 5.26 Å². The van der Waals surface area contributed by atoms with Crippen LogP contribution in [-0.2, 0) is 17.1 Å². The summed E-state index contributed by atoms with van der Waals surface area (Å²) in [6, 6.07) is 5.13. The average molecular weight is 434 g/mol. The molecule has 1 aromatic heterocycles. The molecule has 0 saturated heterocycles. The zero-order valence-corrected chi connectivity index (χ0v) is 17.0. The van der Waals surface area contributed by atoms with E-state index >= 15 is 0 Å². The van der Waals surface area contributed by atoms with Crippen LogP contribution < -0.4 is 14.8 Å². The molecule has 0 bridgehead atoms. The molecule has 3 rings (SSSR count). The number of nitrogens with one attached hydrogen (secondary N) is 2. The lowest BCUT2D eigenvalue weighted by molar-refractivity contribution is 0.0822. The molecule has 2 heterocycles. The Balaban J connectivity index is 2.03. The molecule has 9 nitrogen and oxygen atoms in total. The van der Waals surface area contributed by atoms with E-state index in [0.717, 1.165) is 12.1 Å². The summed E-state index contributed by atoms with van der Waals surface area (Å²) in [5.74, 6) is -1.66. The van der Waals surface area contributed by atoms with E-state index in [4.69, 9.17) is 10.00 Å². The number of aliphatic hydroxyl groups excluding tert-OH is 1. The first-order valence-electron chi connectivity index (χ1n) is 8.73. The van der Waals surface area contributed by atoms with Gasteiger partial charge in [-0.05, 0) is 25.1 Å². The van der Waals surface area contributed by atoms with Crippen molar-refractivity contribution in [2.24, 2.45) is 7.05 Å². The predicted molar refractivity (Wildman–Crippen MR) is 105 cm³/mol. The lowest BCUT2D eigenvalue weighted by Gasteiger charge is -2.31. The van der Waals surface area contributed by atoms with Gasteiger partial charge < -0.3 is 19.7 Å². The molecule has 0 radical (unpaired) electrons. The summed E-state index contributed by atoms with van der Waals surface area (Å²) in [6.07, 6.45) is 1.28. The number of hydrogen-bond acceptors (Lipinski definition) is 6. The van der Waals surface area contributed by atoms with Crippen molar-refractivity contribution >= 4 is 21.6 Å². The van der Waals surface area contributed by atoms with Gasteiger partial charge >= 0.3 is 0 Å². The molecular weight excluding hydrogens is 415 g/mol. The summed E-state index contributed by atoms with van der Waals surface area (Å²) in [4.78, 5) is 12.6. The highest BCUT2D eigenvalue weighted by atomic mass is 32.2. The molecule has 1 aromatic carbocycles. The minimum Gasteiger partial charge on any atom is -0.487 e. The summed E-state index contributed by atoms with van der Waals surface area (Å²) in [6.45, 7) is 4.66. The Kier molecular flexibility index (Phi) is 5.42. The first-order valence-corrected chi connectivity index (χ1v) is 10.2. The number of aromatic nitrogens is 1. The second-order valence-corrected chi connectivity index (χ2v) is 8.51. The number of sulfonamides is 1. The largest absolute Gasteiger partial charge is 0.487 e. The smallest absolute Gasteiger partial charge is 0.276 e. The number of carbonyl (C=O) groups is 1. The van der Waals surface area contributed by atoms with Crippen molar-refractivity contribution in [1.82, 2.24) is 9.29 Å². The third-order valence-corrected chi connectivity index (χ3v) is 6.36. The van der Waals surface area contributed by atoms with Crippen LogP contribution in [0.15, 0.2) is 41.9 Å². The van der Waals surface area contributed by atoms with Gasteiger partial charge in [0.2, 0.25) is 10.0 Å². The number of rotatable bonds is 4. The molecule has 1 amide bonds. The van der Waals surface area contributed by atoms with Gasteiger partial charge in [0.05, 0.1) is 11.7 Å². The van der Waals surface area contributed by atoms with Crippen LogP contribution in [0, 0.1) is 17.1 Å². The quantitative estimate of drug-likeness (QED) is 0.621. The number of amides is 1. The minimum absolute atomic E-state index is 0.108. The van der Waals surface area contributed by atoms with Gasteiger partial charge in [-0.25, -0.2) is 12.8 Å². The second-order valence-electron chi connectivity index (χ2n) is 6.86. The Morgan fingerprint density at radius 2 is 2.27 bits per heavy atom. The monoisotopic (exact) mass is 434 g/mol. The highest BCUT2D eigenvalue weighted by Crippen LogP contribution is 2.35. The van der Waals surface area contributed by atoms with Crippen molar-refractivity contribution in [2.75, 3.05) is 11.9 Å². The van der Waals surface area contributed by atoms with Crippen LogP contribution in [0.3, 0.4) is 0 Å². The Labute approximate surface area is 172 Å². The van der Waals surface area contributed by atoms with Gasteiger partial charge in [0.25, 0.3) is 5.91 Å². The SMILES string of the molecule is C=C[C@@]1([C@@H](C)O)COc2c(cn(C)c2C(=O)Nc2ccc(F)c(C#N)c2)S(=O)(=O)N1. The number of nitrogens with zero attached hydrogens (tertiary/aromatic N) is 2. The average Bonchev–Trinajstić information content (AvgIpc) is 2.98. The van der Waals surface area contributed by atoms with Crippen LogP contribution in [0.4, 0.5) is 10.1 Å². The first kappa shape index (κ1) is 21.5. The lowest BCUT2D eigenvalue weighted by Crippen LogP contribution is -2.56. The molecule has 0 fully saturated rings. The number of hydrogen-bond donors (Lipinski definition) is 3.